The Balaban J connectivity index is 1.75. The lowest BCUT2D eigenvalue weighted by Crippen LogP contribution is -2.33. The number of anilines is 1. The number of amides is 2. The molecular formula is C27H26F3N9O2. The maximum Gasteiger partial charge on any atom is 0.455 e. The lowest BCUT2D eigenvalue weighted by molar-refractivity contribution is -0.145. The maximum atomic E-state index is 13.7. The van der Waals surface area contributed by atoms with Gasteiger partial charge in [0.1, 0.15) is 12.2 Å². The van der Waals surface area contributed by atoms with Gasteiger partial charge in [0.25, 0.3) is 17.6 Å². The minimum atomic E-state index is -4.76. The predicted octanol–water partition coefficient (Wildman–Crippen LogP) is 4.20. The molecule has 0 bridgehead atoms. The highest BCUT2D eigenvalue weighted by molar-refractivity contribution is 6.09. The van der Waals surface area contributed by atoms with Crippen molar-refractivity contribution in [1.82, 2.24) is 35.3 Å². The van der Waals surface area contributed by atoms with Crippen molar-refractivity contribution in [3.05, 3.63) is 81.9 Å². The molecule has 212 valence electrons. The summed E-state index contributed by atoms with van der Waals surface area (Å²) >= 11 is 0. The molecule has 1 atom stereocenters. The van der Waals surface area contributed by atoms with Gasteiger partial charge in [-0.05, 0) is 67.8 Å². The van der Waals surface area contributed by atoms with Gasteiger partial charge in [-0.3, -0.25) is 9.59 Å². The monoisotopic (exact) mass is 565 g/mol. The molecule has 4 aromatic rings. The first-order chi connectivity index (χ1) is 19.4. The van der Waals surface area contributed by atoms with Crippen molar-refractivity contribution in [2.24, 2.45) is 0 Å². The van der Waals surface area contributed by atoms with Crippen LogP contribution >= 0.6 is 0 Å². The zero-order valence-corrected chi connectivity index (χ0v) is 22.6. The smallest absolute Gasteiger partial charge is 0.350 e. The number of aromatic nitrogens is 6. The highest BCUT2D eigenvalue weighted by Gasteiger charge is 2.37. The number of nitrogens with one attached hydrogen (secondary N) is 2. The number of benzene rings is 2. The van der Waals surface area contributed by atoms with Crippen molar-refractivity contribution in [2.75, 3.05) is 5.32 Å². The van der Waals surface area contributed by atoms with Crippen molar-refractivity contribution in [3.63, 3.8) is 0 Å². The van der Waals surface area contributed by atoms with Gasteiger partial charge in [-0.15, -0.1) is 10.2 Å². The molecule has 41 heavy (non-hydrogen) atoms. The molecule has 2 N–H and O–H groups in total. The molecule has 2 aromatic carbocycles. The molecule has 2 aromatic heterocycles. The van der Waals surface area contributed by atoms with Crippen molar-refractivity contribution in [1.29, 1.82) is 5.26 Å². The fourth-order valence-electron chi connectivity index (χ4n) is 4.00. The first-order valence-corrected chi connectivity index (χ1v) is 12.6. The van der Waals surface area contributed by atoms with Crippen molar-refractivity contribution < 1.29 is 22.8 Å². The summed E-state index contributed by atoms with van der Waals surface area (Å²) in [6, 6.07) is 13.3. The van der Waals surface area contributed by atoms with Crippen LogP contribution in [0.15, 0.2) is 42.5 Å². The van der Waals surface area contributed by atoms with E-state index in [-0.39, 0.29) is 40.8 Å². The minimum Gasteiger partial charge on any atom is -0.350 e. The molecule has 0 saturated carbocycles. The van der Waals surface area contributed by atoms with E-state index in [9.17, 15) is 28.0 Å². The number of aryl methyl sites for hydroxylation is 2. The van der Waals surface area contributed by atoms with Crippen LogP contribution in [0.1, 0.15) is 69.3 Å². The van der Waals surface area contributed by atoms with Gasteiger partial charge >= 0.3 is 6.18 Å². The van der Waals surface area contributed by atoms with Gasteiger partial charge in [0, 0.05) is 6.04 Å². The van der Waals surface area contributed by atoms with Crippen LogP contribution in [0.25, 0.3) is 5.69 Å². The molecule has 0 saturated heterocycles. The second kappa shape index (κ2) is 11.6. The Labute approximate surface area is 233 Å². The van der Waals surface area contributed by atoms with Gasteiger partial charge in [0.2, 0.25) is 0 Å². The summed E-state index contributed by atoms with van der Waals surface area (Å²) in [7, 11) is 0. The fraction of sp³-hybridized carbons (Fsp3) is 0.296. The van der Waals surface area contributed by atoms with Gasteiger partial charge in [0.15, 0.2) is 0 Å². The molecular weight excluding hydrogens is 539 g/mol. The summed E-state index contributed by atoms with van der Waals surface area (Å²) in [5, 5.41) is 29.4. The Morgan fingerprint density at radius 3 is 2.44 bits per heavy atom. The van der Waals surface area contributed by atoms with E-state index in [1.165, 1.54) is 16.8 Å². The molecule has 11 nitrogen and oxygen atoms in total. The van der Waals surface area contributed by atoms with Crippen LogP contribution in [0.3, 0.4) is 0 Å². The standard InChI is InChI=1S/C27H26F3N9O2/c1-5-17(4)32-24(40)20-11-18(13-31)10-16(3)23(20)33-25(41)22-12-19(14-38-36-26(34-37-38)27(28,29)30)35-39(22)21-9-7-6-8-15(21)2/h6-12,17H,5,14H2,1-4H3,(H,32,40)(H,33,41). The summed E-state index contributed by atoms with van der Waals surface area (Å²) in [5.74, 6) is -2.49. The average Bonchev–Trinajstić information content (AvgIpc) is 3.57. The van der Waals surface area contributed by atoms with Crippen LogP contribution in [-0.2, 0) is 12.7 Å². The largest absolute Gasteiger partial charge is 0.455 e. The molecule has 2 heterocycles. The van der Waals surface area contributed by atoms with Crippen LogP contribution in [0.5, 0.6) is 0 Å². The normalized spacial score (nSPS) is 12.0. The van der Waals surface area contributed by atoms with E-state index in [0.717, 1.165) is 10.4 Å². The van der Waals surface area contributed by atoms with Crippen LogP contribution in [0.2, 0.25) is 0 Å². The third-order valence-electron chi connectivity index (χ3n) is 6.28. The third-order valence-corrected chi connectivity index (χ3v) is 6.28. The molecule has 14 heteroatoms. The van der Waals surface area contributed by atoms with E-state index >= 15 is 0 Å². The summed E-state index contributed by atoms with van der Waals surface area (Å²) in [6.07, 6.45) is -4.09. The first kappa shape index (κ1) is 28.9. The van der Waals surface area contributed by atoms with Crippen LogP contribution < -0.4 is 10.6 Å². The van der Waals surface area contributed by atoms with Crippen molar-refractivity contribution in [3.8, 4) is 11.8 Å². The average molecular weight is 566 g/mol. The lowest BCUT2D eigenvalue weighted by Gasteiger charge is -2.17. The van der Waals surface area contributed by atoms with Gasteiger partial charge in [-0.2, -0.15) is 28.3 Å². The number of rotatable bonds is 8. The maximum absolute atomic E-state index is 13.7. The van der Waals surface area contributed by atoms with E-state index in [1.807, 2.05) is 39.0 Å². The Hall–Kier alpha value is -5.06. The van der Waals surface area contributed by atoms with E-state index in [1.54, 1.807) is 25.1 Å². The zero-order valence-electron chi connectivity index (χ0n) is 22.6. The Morgan fingerprint density at radius 1 is 1.07 bits per heavy atom. The summed E-state index contributed by atoms with van der Waals surface area (Å²) in [6.45, 7) is 6.93. The number of alkyl halides is 3. The van der Waals surface area contributed by atoms with Crippen LogP contribution in [-0.4, -0.2) is 47.8 Å². The summed E-state index contributed by atoms with van der Waals surface area (Å²) < 4.78 is 40.2. The molecule has 0 fully saturated rings. The third kappa shape index (κ3) is 6.40. The Morgan fingerprint density at radius 2 is 1.80 bits per heavy atom. The van der Waals surface area contributed by atoms with Crippen LogP contribution in [0, 0.1) is 25.2 Å². The zero-order chi connectivity index (χ0) is 29.9. The summed E-state index contributed by atoms with van der Waals surface area (Å²) in [4.78, 5) is 27.5. The van der Waals surface area contributed by atoms with Gasteiger partial charge in [0.05, 0.1) is 34.3 Å². The van der Waals surface area contributed by atoms with E-state index in [0.29, 0.717) is 17.7 Å². The van der Waals surface area contributed by atoms with Gasteiger partial charge in [-0.25, -0.2) is 4.68 Å². The highest BCUT2D eigenvalue weighted by atomic mass is 19.4. The van der Waals surface area contributed by atoms with Gasteiger partial charge in [-0.1, -0.05) is 25.1 Å². The number of nitrogens with zero attached hydrogens (tertiary/aromatic N) is 7. The molecule has 4 rings (SSSR count). The molecule has 0 radical (unpaired) electrons. The van der Waals surface area contributed by atoms with E-state index in [4.69, 9.17) is 0 Å². The minimum absolute atomic E-state index is 0.0440. The number of halogens is 3. The van der Waals surface area contributed by atoms with E-state index in [2.05, 4.69) is 31.1 Å². The Bertz CT molecular complexity index is 1650. The molecule has 0 aliphatic rings. The van der Waals surface area contributed by atoms with Crippen LogP contribution in [0.4, 0.5) is 18.9 Å². The Kier molecular flexibility index (Phi) is 8.18. The van der Waals surface area contributed by atoms with E-state index < -0.39 is 23.8 Å². The number of para-hydroxylation sites is 1. The molecule has 2 amide bonds. The number of carbonyl (C=O) groups is 2. The van der Waals surface area contributed by atoms with Gasteiger partial charge < -0.3 is 10.6 Å². The van der Waals surface area contributed by atoms with Crippen molar-refractivity contribution >= 4 is 17.5 Å². The molecule has 0 spiro atoms. The SMILES string of the molecule is CCC(C)NC(=O)c1cc(C#N)cc(C)c1NC(=O)c1cc(Cn2nnc(C(F)(F)F)n2)nn1-c1ccccc1C. The molecule has 0 aliphatic carbocycles. The number of tetrazole rings is 1. The second-order valence-electron chi connectivity index (χ2n) is 9.42. The predicted molar refractivity (Wildman–Crippen MR) is 141 cm³/mol. The summed E-state index contributed by atoms with van der Waals surface area (Å²) in [5.41, 5.74) is 2.63. The second-order valence-corrected chi connectivity index (χ2v) is 9.42. The highest BCUT2D eigenvalue weighted by Crippen LogP contribution is 2.27. The molecule has 1 unspecified atom stereocenters. The fourth-order valence-corrected chi connectivity index (χ4v) is 4.00. The lowest BCUT2D eigenvalue weighted by atomic mass is 10.0. The number of hydrogen-bond donors (Lipinski definition) is 2. The number of hydrogen-bond acceptors (Lipinski definition) is 7. The van der Waals surface area contributed by atoms with Crippen molar-refractivity contribution in [2.45, 2.75) is 52.9 Å². The topological polar surface area (TPSA) is 143 Å². The number of carbonyl (C=O) groups excluding carboxylic acids is 2. The first-order valence-electron chi connectivity index (χ1n) is 12.6. The number of nitriles is 1. The molecule has 0 aliphatic heterocycles. The quantitative estimate of drug-likeness (QED) is 0.326.